The van der Waals surface area contributed by atoms with Gasteiger partial charge in [-0.2, -0.15) is 13.2 Å². The van der Waals surface area contributed by atoms with Crippen LogP contribution in [-0.2, 0) is 11.3 Å². The van der Waals surface area contributed by atoms with Crippen LogP contribution in [0, 0.1) is 0 Å². The Morgan fingerprint density at radius 1 is 1.37 bits per heavy atom. The van der Waals surface area contributed by atoms with Crippen molar-refractivity contribution in [2.45, 2.75) is 12.7 Å². The number of nitrogens with zero attached hydrogens (tertiary/aromatic N) is 3. The van der Waals surface area contributed by atoms with Crippen molar-refractivity contribution in [3.63, 3.8) is 0 Å². The maximum atomic E-state index is 12.5. The van der Waals surface area contributed by atoms with Crippen LogP contribution in [0.4, 0.5) is 13.2 Å². The van der Waals surface area contributed by atoms with E-state index in [2.05, 4.69) is 4.98 Å². The summed E-state index contributed by atoms with van der Waals surface area (Å²) in [5.41, 5.74) is 0.637. The second-order valence-corrected chi connectivity index (χ2v) is 4.41. The third-order valence-electron chi connectivity index (χ3n) is 2.39. The van der Waals surface area contributed by atoms with E-state index in [4.69, 9.17) is 0 Å². The maximum Gasteiger partial charge on any atom is 0.401 e. The number of hydrogen-bond donors (Lipinski definition) is 0. The molecule has 1 heterocycles. The van der Waals surface area contributed by atoms with Crippen molar-refractivity contribution >= 4 is 5.91 Å². The minimum absolute atomic E-state index is 0.0347. The lowest BCUT2D eigenvalue weighted by Crippen LogP contribution is -2.41. The van der Waals surface area contributed by atoms with Crippen LogP contribution in [-0.4, -0.2) is 54.1 Å². The van der Waals surface area contributed by atoms with Crippen molar-refractivity contribution in [3.8, 4) is 0 Å². The van der Waals surface area contributed by atoms with Crippen molar-refractivity contribution in [2.75, 3.05) is 27.2 Å². The van der Waals surface area contributed by atoms with Crippen LogP contribution in [0.5, 0.6) is 0 Å². The molecule has 1 amide bonds. The molecule has 4 nitrogen and oxygen atoms in total. The average Bonchev–Trinajstić information content (AvgIpc) is 2.27. The van der Waals surface area contributed by atoms with E-state index in [1.165, 1.54) is 25.2 Å². The van der Waals surface area contributed by atoms with Gasteiger partial charge in [0.25, 0.3) is 0 Å². The lowest BCUT2D eigenvalue weighted by atomic mass is 10.2. The van der Waals surface area contributed by atoms with Gasteiger partial charge in [0, 0.05) is 33.0 Å². The molecule has 1 aromatic heterocycles. The van der Waals surface area contributed by atoms with Gasteiger partial charge in [0.15, 0.2) is 0 Å². The summed E-state index contributed by atoms with van der Waals surface area (Å²) in [6, 6.07) is 3.32. The van der Waals surface area contributed by atoms with Crippen LogP contribution in [0.3, 0.4) is 0 Å². The molecule has 1 aromatic rings. The van der Waals surface area contributed by atoms with Crippen molar-refractivity contribution < 1.29 is 18.0 Å². The summed E-state index contributed by atoms with van der Waals surface area (Å²) in [6.45, 7) is -1.37. The molecule has 106 valence electrons. The Labute approximate surface area is 109 Å². The normalized spacial score (nSPS) is 11.7. The highest BCUT2D eigenvalue weighted by atomic mass is 19.4. The number of hydrogen-bond acceptors (Lipinski definition) is 3. The van der Waals surface area contributed by atoms with Crippen molar-refractivity contribution in [1.82, 2.24) is 14.8 Å². The van der Waals surface area contributed by atoms with Gasteiger partial charge in [0.1, 0.15) is 0 Å². The molecule has 0 spiro atoms. The lowest BCUT2D eigenvalue weighted by molar-refractivity contribution is -0.151. The Balaban J connectivity index is 2.72. The molecule has 19 heavy (non-hydrogen) atoms. The van der Waals surface area contributed by atoms with Crippen LogP contribution in [0.15, 0.2) is 24.5 Å². The van der Waals surface area contributed by atoms with E-state index in [0.29, 0.717) is 5.56 Å². The highest BCUT2D eigenvalue weighted by molar-refractivity contribution is 5.77. The molecule has 0 atom stereocenters. The molecule has 0 fully saturated rings. The molecule has 0 saturated carbocycles. The van der Waals surface area contributed by atoms with E-state index in [1.54, 1.807) is 18.3 Å². The first-order chi connectivity index (χ1) is 8.78. The van der Waals surface area contributed by atoms with Crippen molar-refractivity contribution in [2.24, 2.45) is 0 Å². The topological polar surface area (TPSA) is 36.4 Å². The second kappa shape index (κ2) is 6.51. The second-order valence-electron chi connectivity index (χ2n) is 4.41. The van der Waals surface area contributed by atoms with Gasteiger partial charge in [0.2, 0.25) is 5.91 Å². The van der Waals surface area contributed by atoms with Gasteiger partial charge in [0.05, 0.1) is 13.1 Å². The zero-order valence-corrected chi connectivity index (χ0v) is 10.8. The van der Waals surface area contributed by atoms with Crippen LogP contribution < -0.4 is 0 Å². The van der Waals surface area contributed by atoms with Gasteiger partial charge < -0.3 is 4.90 Å². The predicted molar refractivity (Wildman–Crippen MR) is 64.3 cm³/mol. The zero-order chi connectivity index (χ0) is 14.5. The Bertz CT molecular complexity index is 406. The van der Waals surface area contributed by atoms with Gasteiger partial charge in [-0.25, -0.2) is 0 Å². The molecule has 0 aliphatic heterocycles. The van der Waals surface area contributed by atoms with Gasteiger partial charge in [-0.15, -0.1) is 0 Å². The third-order valence-corrected chi connectivity index (χ3v) is 2.39. The molecular weight excluding hydrogens is 259 g/mol. The molecule has 0 aliphatic carbocycles. The maximum absolute atomic E-state index is 12.5. The number of alkyl halides is 3. The fourth-order valence-corrected chi connectivity index (χ4v) is 1.50. The fourth-order valence-electron chi connectivity index (χ4n) is 1.50. The van der Waals surface area contributed by atoms with Crippen LogP contribution in [0.25, 0.3) is 0 Å². The number of pyridine rings is 1. The molecule has 0 unspecified atom stereocenters. The average molecular weight is 275 g/mol. The summed E-state index contributed by atoms with van der Waals surface area (Å²) in [6.07, 6.45) is -1.30. The Hall–Kier alpha value is -1.63. The number of amides is 1. The van der Waals surface area contributed by atoms with Gasteiger partial charge in [-0.1, -0.05) is 6.07 Å². The number of halogens is 3. The minimum Gasteiger partial charge on any atom is -0.348 e. The Morgan fingerprint density at radius 2 is 2.05 bits per heavy atom. The van der Waals surface area contributed by atoms with Crippen LogP contribution >= 0.6 is 0 Å². The number of carbonyl (C=O) groups excluding carboxylic acids is 1. The quantitative estimate of drug-likeness (QED) is 0.817. The lowest BCUT2D eigenvalue weighted by Gasteiger charge is -2.24. The third kappa shape index (κ3) is 6.19. The summed E-state index contributed by atoms with van der Waals surface area (Å²) >= 11 is 0. The molecular formula is C12H16F3N3O. The summed E-state index contributed by atoms with van der Waals surface area (Å²) in [4.78, 5) is 17.7. The van der Waals surface area contributed by atoms with Crippen LogP contribution in [0.2, 0.25) is 0 Å². The largest absolute Gasteiger partial charge is 0.401 e. The molecule has 1 rings (SSSR count). The zero-order valence-electron chi connectivity index (χ0n) is 10.8. The summed E-state index contributed by atoms with van der Waals surface area (Å²) in [5, 5.41) is 0. The summed E-state index contributed by atoms with van der Waals surface area (Å²) in [7, 11) is 3.02. The van der Waals surface area contributed by atoms with Gasteiger partial charge in [-0.3, -0.25) is 14.7 Å². The summed E-state index contributed by atoms with van der Waals surface area (Å²) < 4.78 is 37.4. The highest BCUT2D eigenvalue weighted by Gasteiger charge is 2.31. The molecule has 7 heteroatoms. The molecule has 0 N–H and O–H groups in total. The SMILES string of the molecule is CN(C)C(=O)CN(Cc1cccnc1)CC(F)(F)F. The predicted octanol–water partition coefficient (Wildman–Crippen LogP) is 1.53. The van der Waals surface area contributed by atoms with E-state index in [-0.39, 0.29) is 19.0 Å². The monoisotopic (exact) mass is 275 g/mol. The number of likely N-dealkylation sites (N-methyl/N-ethyl adjacent to an activating group) is 1. The first kappa shape index (κ1) is 15.4. The first-order valence-electron chi connectivity index (χ1n) is 5.66. The van der Waals surface area contributed by atoms with Crippen LogP contribution in [0.1, 0.15) is 5.56 Å². The first-order valence-corrected chi connectivity index (χ1v) is 5.66. The van der Waals surface area contributed by atoms with E-state index < -0.39 is 12.7 Å². The van der Waals surface area contributed by atoms with Gasteiger partial charge in [-0.05, 0) is 11.6 Å². The number of aromatic nitrogens is 1. The standard InChI is InChI=1S/C12H16F3N3O/c1-17(2)11(19)8-18(9-12(13,14)15)7-10-4-3-5-16-6-10/h3-6H,7-9H2,1-2H3. The van der Waals surface area contributed by atoms with Crippen molar-refractivity contribution in [1.29, 1.82) is 0 Å². The summed E-state index contributed by atoms with van der Waals surface area (Å²) in [5.74, 6) is -0.367. The van der Waals surface area contributed by atoms with E-state index in [1.807, 2.05) is 0 Å². The molecule has 0 bridgehead atoms. The smallest absolute Gasteiger partial charge is 0.348 e. The van der Waals surface area contributed by atoms with Crippen molar-refractivity contribution in [3.05, 3.63) is 30.1 Å². The highest BCUT2D eigenvalue weighted by Crippen LogP contribution is 2.18. The molecule has 0 radical (unpaired) electrons. The van der Waals surface area contributed by atoms with Gasteiger partial charge >= 0.3 is 6.18 Å². The molecule has 0 aromatic carbocycles. The minimum atomic E-state index is -4.34. The van der Waals surface area contributed by atoms with E-state index in [0.717, 1.165) is 4.90 Å². The Kier molecular flexibility index (Phi) is 5.29. The molecule has 0 aliphatic rings. The van der Waals surface area contributed by atoms with E-state index in [9.17, 15) is 18.0 Å². The number of carbonyl (C=O) groups is 1. The van der Waals surface area contributed by atoms with E-state index >= 15 is 0 Å². The Morgan fingerprint density at radius 3 is 2.53 bits per heavy atom. The fraction of sp³-hybridized carbons (Fsp3) is 0.500. The number of rotatable bonds is 5. The molecule has 0 saturated heterocycles.